The molecule has 0 bridgehead atoms. The van der Waals surface area contributed by atoms with Gasteiger partial charge in [0.05, 0.1) is 6.07 Å². The summed E-state index contributed by atoms with van der Waals surface area (Å²) in [7, 11) is 3.90. The molecule has 3 heteroatoms. The molecule has 0 aliphatic carbocycles. The van der Waals surface area contributed by atoms with Crippen LogP contribution in [0.2, 0.25) is 0 Å². The Morgan fingerprint density at radius 3 is 2.07 bits per heavy atom. The first-order valence-corrected chi connectivity index (χ1v) is 5.46. The van der Waals surface area contributed by atoms with E-state index in [0.29, 0.717) is 6.04 Å². The van der Waals surface area contributed by atoms with Gasteiger partial charge in [-0.25, -0.2) is 0 Å². The van der Waals surface area contributed by atoms with Crippen molar-refractivity contribution < 1.29 is 0 Å². The SMILES string of the molecule is CNC(C)(C#N)CN(C)C(C)C(C)(C)C. The van der Waals surface area contributed by atoms with E-state index in [-0.39, 0.29) is 5.41 Å². The number of likely N-dealkylation sites (N-methyl/N-ethyl adjacent to an activating group) is 2. The lowest BCUT2D eigenvalue weighted by Gasteiger charge is -2.38. The number of rotatable bonds is 4. The Morgan fingerprint density at radius 2 is 1.80 bits per heavy atom. The summed E-state index contributed by atoms with van der Waals surface area (Å²) >= 11 is 0. The Balaban J connectivity index is 4.50. The molecule has 0 saturated carbocycles. The number of nitrogens with one attached hydrogen (secondary N) is 1. The van der Waals surface area contributed by atoms with Gasteiger partial charge in [-0.3, -0.25) is 0 Å². The van der Waals surface area contributed by atoms with Crippen molar-refractivity contribution in [2.45, 2.75) is 46.2 Å². The standard InChI is InChI=1S/C12H25N3/c1-10(11(2,3)4)15(7)9-12(5,8-13)14-6/h10,14H,9H2,1-7H3. The molecule has 2 unspecified atom stereocenters. The molecule has 15 heavy (non-hydrogen) atoms. The maximum absolute atomic E-state index is 9.08. The first-order valence-electron chi connectivity index (χ1n) is 5.46. The predicted octanol–water partition coefficient (Wildman–Crippen LogP) is 1.85. The van der Waals surface area contributed by atoms with Crippen LogP contribution in [0.3, 0.4) is 0 Å². The predicted molar refractivity (Wildman–Crippen MR) is 64.6 cm³/mol. The fourth-order valence-corrected chi connectivity index (χ4v) is 1.47. The van der Waals surface area contributed by atoms with Gasteiger partial charge >= 0.3 is 0 Å². The molecule has 0 radical (unpaired) electrons. The van der Waals surface area contributed by atoms with Crippen molar-refractivity contribution in [1.82, 2.24) is 10.2 Å². The lowest BCUT2D eigenvalue weighted by Crippen LogP contribution is -2.52. The molecule has 0 amide bonds. The molecule has 0 aliphatic rings. The van der Waals surface area contributed by atoms with Gasteiger partial charge in [-0.15, -0.1) is 0 Å². The molecule has 0 aromatic heterocycles. The lowest BCUT2D eigenvalue weighted by atomic mass is 9.86. The van der Waals surface area contributed by atoms with Gasteiger partial charge in [-0.05, 0) is 33.4 Å². The summed E-state index contributed by atoms with van der Waals surface area (Å²) in [5.41, 5.74) is -0.229. The summed E-state index contributed by atoms with van der Waals surface area (Å²) in [5.74, 6) is 0. The molecular formula is C12H25N3. The van der Waals surface area contributed by atoms with E-state index >= 15 is 0 Å². The van der Waals surface area contributed by atoms with E-state index in [1.54, 1.807) is 0 Å². The summed E-state index contributed by atoms with van der Waals surface area (Å²) < 4.78 is 0. The third-order valence-electron chi connectivity index (χ3n) is 3.28. The summed E-state index contributed by atoms with van der Waals surface area (Å²) in [6.45, 7) is 11.5. The highest BCUT2D eigenvalue weighted by Crippen LogP contribution is 2.23. The summed E-state index contributed by atoms with van der Waals surface area (Å²) in [6, 6.07) is 2.76. The van der Waals surface area contributed by atoms with Crippen LogP contribution in [0.15, 0.2) is 0 Å². The minimum atomic E-state index is -0.464. The molecule has 88 valence electrons. The van der Waals surface area contributed by atoms with E-state index in [0.717, 1.165) is 6.54 Å². The van der Waals surface area contributed by atoms with Gasteiger partial charge < -0.3 is 10.2 Å². The molecule has 3 nitrogen and oxygen atoms in total. The first-order chi connectivity index (χ1) is 6.66. The third kappa shape index (κ3) is 4.19. The Morgan fingerprint density at radius 1 is 1.33 bits per heavy atom. The largest absolute Gasteiger partial charge is 0.302 e. The van der Waals surface area contributed by atoms with E-state index in [1.807, 2.05) is 14.0 Å². The van der Waals surface area contributed by atoms with Gasteiger partial charge in [-0.2, -0.15) is 5.26 Å². The van der Waals surface area contributed by atoms with Crippen LogP contribution in [0.1, 0.15) is 34.6 Å². The second-order valence-corrected chi connectivity index (χ2v) is 5.65. The highest BCUT2D eigenvalue weighted by molar-refractivity contribution is 5.05. The van der Waals surface area contributed by atoms with Crippen molar-refractivity contribution in [2.24, 2.45) is 5.41 Å². The Hall–Kier alpha value is -0.590. The van der Waals surface area contributed by atoms with Gasteiger partial charge in [0.25, 0.3) is 0 Å². The van der Waals surface area contributed by atoms with Crippen LogP contribution in [0, 0.1) is 16.7 Å². The minimum absolute atomic E-state index is 0.235. The number of hydrogen-bond donors (Lipinski definition) is 1. The Kier molecular flexibility index (Phi) is 4.76. The van der Waals surface area contributed by atoms with Crippen LogP contribution < -0.4 is 5.32 Å². The van der Waals surface area contributed by atoms with Crippen LogP contribution in [0.4, 0.5) is 0 Å². The summed E-state index contributed by atoms with van der Waals surface area (Å²) in [6.07, 6.45) is 0. The van der Waals surface area contributed by atoms with Crippen molar-refractivity contribution in [3.05, 3.63) is 0 Å². The van der Waals surface area contributed by atoms with Crippen LogP contribution in [-0.4, -0.2) is 37.1 Å². The zero-order valence-electron chi connectivity index (χ0n) is 11.2. The highest BCUT2D eigenvalue weighted by atomic mass is 15.2. The fourth-order valence-electron chi connectivity index (χ4n) is 1.47. The molecule has 2 atom stereocenters. The van der Waals surface area contributed by atoms with Crippen molar-refractivity contribution >= 4 is 0 Å². The van der Waals surface area contributed by atoms with Crippen molar-refractivity contribution in [3.63, 3.8) is 0 Å². The molecule has 0 aliphatic heterocycles. The molecule has 0 aromatic rings. The first kappa shape index (κ1) is 14.4. The quantitative estimate of drug-likeness (QED) is 0.771. The zero-order chi connectivity index (χ0) is 12.3. The van der Waals surface area contributed by atoms with Gasteiger partial charge in [0.2, 0.25) is 0 Å². The monoisotopic (exact) mass is 211 g/mol. The highest BCUT2D eigenvalue weighted by Gasteiger charge is 2.29. The van der Waals surface area contributed by atoms with E-state index in [9.17, 15) is 0 Å². The van der Waals surface area contributed by atoms with E-state index in [1.165, 1.54) is 0 Å². The zero-order valence-corrected chi connectivity index (χ0v) is 11.2. The van der Waals surface area contributed by atoms with E-state index in [2.05, 4.69) is 51.0 Å². The number of nitriles is 1. The molecule has 0 spiro atoms. The van der Waals surface area contributed by atoms with Crippen molar-refractivity contribution in [1.29, 1.82) is 5.26 Å². The minimum Gasteiger partial charge on any atom is -0.302 e. The maximum Gasteiger partial charge on any atom is 0.116 e. The molecule has 0 heterocycles. The summed E-state index contributed by atoms with van der Waals surface area (Å²) in [5, 5.41) is 12.1. The molecule has 0 aromatic carbocycles. The average molecular weight is 211 g/mol. The molecular weight excluding hydrogens is 186 g/mol. The van der Waals surface area contributed by atoms with Gasteiger partial charge in [0, 0.05) is 12.6 Å². The van der Waals surface area contributed by atoms with Gasteiger partial charge in [0.1, 0.15) is 5.54 Å². The maximum atomic E-state index is 9.08. The Labute approximate surface area is 94.5 Å². The van der Waals surface area contributed by atoms with Crippen LogP contribution in [0.25, 0.3) is 0 Å². The molecule has 0 saturated heterocycles. The second-order valence-electron chi connectivity index (χ2n) is 5.65. The Bertz CT molecular complexity index is 236. The van der Waals surface area contributed by atoms with Crippen molar-refractivity contribution in [3.8, 4) is 6.07 Å². The van der Waals surface area contributed by atoms with E-state index in [4.69, 9.17) is 5.26 Å². The second kappa shape index (κ2) is 4.96. The average Bonchev–Trinajstić information content (AvgIpc) is 2.15. The van der Waals surface area contributed by atoms with Gasteiger partial charge in [0.15, 0.2) is 0 Å². The molecule has 1 N–H and O–H groups in total. The van der Waals surface area contributed by atoms with Crippen LogP contribution >= 0.6 is 0 Å². The van der Waals surface area contributed by atoms with E-state index < -0.39 is 5.54 Å². The fraction of sp³-hybridized carbons (Fsp3) is 0.917. The number of nitrogens with zero attached hydrogens (tertiary/aromatic N) is 2. The topological polar surface area (TPSA) is 39.1 Å². The summed E-state index contributed by atoms with van der Waals surface area (Å²) in [4.78, 5) is 2.24. The van der Waals surface area contributed by atoms with Gasteiger partial charge in [-0.1, -0.05) is 20.8 Å². The lowest BCUT2D eigenvalue weighted by molar-refractivity contribution is 0.121. The van der Waals surface area contributed by atoms with Crippen LogP contribution in [-0.2, 0) is 0 Å². The number of hydrogen-bond acceptors (Lipinski definition) is 3. The third-order valence-corrected chi connectivity index (χ3v) is 3.28. The van der Waals surface area contributed by atoms with Crippen LogP contribution in [0.5, 0.6) is 0 Å². The molecule has 0 fully saturated rings. The van der Waals surface area contributed by atoms with Crippen molar-refractivity contribution in [2.75, 3.05) is 20.6 Å². The molecule has 0 rings (SSSR count). The normalized spacial score (nSPS) is 18.3. The smallest absolute Gasteiger partial charge is 0.116 e.